The summed E-state index contributed by atoms with van der Waals surface area (Å²) in [6.45, 7) is 7.70. The predicted molar refractivity (Wildman–Crippen MR) is 125 cm³/mol. The Labute approximate surface area is 193 Å². The minimum Gasteiger partial charge on any atom is -0.462 e. The zero-order valence-corrected chi connectivity index (χ0v) is 20.2. The zero-order valence-electron chi connectivity index (χ0n) is 18.5. The smallest absolute Gasteiger partial charge is 0.341 e. The van der Waals surface area contributed by atoms with Gasteiger partial charge in [0.15, 0.2) is 0 Å². The molecule has 1 aromatic carbocycles. The zero-order chi connectivity index (χ0) is 23.3. The molecule has 0 spiro atoms. The van der Waals surface area contributed by atoms with E-state index in [4.69, 9.17) is 4.74 Å². The Balaban J connectivity index is 1.59. The number of hydrogen-bond donors (Lipinski definition) is 1. The quantitative estimate of drug-likeness (QED) is 0.585. The number of esters is 1. The maximum absolute atomic E-state index is 12.8. The molecule has 2 heterocycles. The number of carbonyl (C=O) groups excluding carboxylic acids is 2. The monoisotopic (exact) mass is 479 g/mol. The highest BCUT2D eigenvalue weighted by Crippen LogP contribution is 2.33. The van der Waals surface area contributed by atoms with E-state index in [0.29, 0.717) is 36.7 Å². The van der Waals surface area contributed by atoms with Crippen molar-refractivity contribution in [1.29, 1.82) is 0 Å². The van der Waals surface area contributed by atoms with E-state index in [-0.39, 0.29) is 29.9 Å². The molecule has 1 amide bonds. The third kappa shape index (κ3) is 5.74. The Morgan fingerprint density at radius 2 is 1.78 bits per heavy atom. The molecule has 1 fully saturated rings. The topological polar surface area (TPSA) is 96.0 Å². The van der Waals surface area contributed by atoms with Crippen LogP contribution in [0.15, 0.2) is 41.3 Å². The fourth-order valence-electron chi connectivity index (χ4n) is 3.39. The normalized spacial score (nSPS) is 15.6. The van der Waals surface area contributed by atoms with Gasteiger partial charge < -0.3 is 10.1 Å². The van der Waals surface area contributed by atoms with E-state index < -0.39 is 16.0 Å². The van der Waals surface area contributed by atoms with Gasteiger partial charge in [-0.2, -0.15) is 4.31 Å². The maximum atomic E-state index is 12.8. The SMILES string of the molecule is CCOC(=O)c1cc(C(C)C)sc1NC(=O)CN1CCN(S(=O)(=O)c2ccccc2)CC1. The second kappa shape index (κ2) is 10.6. The maximum Gasteiger partial charge on any atom is 0.341 e. The van der Waals surface area contributed by atoms with Crippen molar-refractivity contribution < 1.29 is 22.7 Å². The average Bonchev–Trinajstić information content (AvgIpc) is 3.19. The van der Waals surface area contributed by atoms with Gasteiger partial charge in [0.2, 0.25) is 15.9 Å². The van der Waals surface area contributed by atoms with Crippen LogP contribution in [0.1, 0.15) is 41.9 Å². The fraction of sp³-hybridized carbons (Fsp3) is 0.455. The van der Waals surface area contributed by atoms with E-state index >= 15 is 0 Å². The first kappa shape index (κ1) is 24.4. The Bertz CT molecular complexity index is 1040. The number of amides is 1. The Morgan fingerprint density at radius 3 is 2.38 bits per heavy atom. The Kier molecular flexibility index (Phi) is 8.05. The summed E-state index contributed by atoms with van der Waals surface area (Å²) in [6, 6.07) is 10.1. The van der Waals surface area contributed by atoms with Crippen molar-refractivity contribution in [2.45, 2.75) is 31.6 Å². The third-order valence-corrected chi connectivity index (χ3v) is 8.41. The summed E-state index contributed by atoms with van der Waals surface area (Å²) in [7, 11) is -3.53. The van der Waals surface area contributed by atoms with E-state index in [0.717, 1.165) is 4.88 Å². The fourth-order valence-corrected chi connectivity index (χ4v) is 5.90. The highest BCUT2D eigenvalue weighted by atomic mass is 32.2. The number of nitrogens with zero attached hydrogens (tertiary/aromatic N) is 2. The van der Waals surface area contributed by atoms with Gasteiger partial charge in [0.05, 0.1) is 23.6 Å². The molecule has 1 aromatic heterocycles. The van der Waals surface area contributed by atoms with E-state index in [1.807, 2.05) is 18.7 Å². The number of carbonyl (C=O) groups is 2. The van der Waals surface area contributed by atoms with Crippen LogP contribution >= 0.6 is 11.3 Å². The molecular formula is C22H29N3O5S2. The van der Waals surface area contributed by atoms with E-state index in [2.05, 4.69) is 5.32 Å². The number of sulfonamides is 1. The van der Waals surface area contributed by atoms with Gasteiger partial charge in [0, 0.05) is 31.1 Å². The molecule has 0 atom stereocenters. The summed E-state index contributed by atoms with van der Waals surface area (Å²) in [6.07, 6.45) is 0. The molecule has 174 valence electrons. The molecule has 2 aromatic rings. The van der Waals surface area contributed by atoms with Crippen molar-refractivity contribution in [2.24, 2.45) is 0 Å². The van der Waals surface area contributed by atoms with Crippen molar-refractivity contribution in [3.8, 4) is 0 Å². The highest BCUT2D eigenvalue weighted by Gasteiger charge is 2.29. The Morgan fingerprint density at radius 1 is 1.12 bits per heavy atom. The molecule has 1 aliphatic heterocycles. The van der Waals surface area contributed by atoms with Crippen molar-refractivity contribution in [3.05, 3.63) is 46.8 Å². The lowest BCUT2D eigenvalue weighted by atomic mass is 10.1. The molecule has 0 saturated carbocycles. The van der Waals surface area contributed by atoms with Crippen LogP contribution in [0.4, 0.5) is 5.00 Å². The third-order valence-electron chi connectivity index (χ3n) is 5.15. The largest absolute Gasteiger partial charge is 0.462 e. The lowest BCUT2D eigenvalue weighted by Crippen LogP contribution is -2.50. The lowest BCUT2D eigenvalue weighted by Gasteiger charge is -2.33. The molecule has 1 N–H and O–H groups in total. The first-order chi connectivity index (χ1) is 15.2. The summed E-state index contributed by atoms with van der Waals surface area (Å²) in [5.41, 5.74) is 0.368. The van der Waals surface area contributed by atoms with Crippen molar-refractivity contribution in [2.75, 3.05) is 44.6 Å². The molecule has 1 saturated heterocycles. The molecule has 10 heteroatoms. The van der Waals surface area contributed by atoms with Crippen molar-refractivity contribution >= 4 is 38.2 Å². The summed E-state index contributed by atoms with van der Waals surface area (Å²) < 4.78 is 32.1. The predicted octanol–water partition coefficient (Wildman–Crippen LogP) is 2.99. The summed E-state index contributed by atoms with van der Waals surface area (Å²) in [5.74, 6) is -0.476. The molecule has 8 nitrogen and oxygen atoms in total. The van der Waals surface area contributed by atoms with Crippen LogP contribution in [0.3, 0.4) is 0 Å². The molecule has 0 unspecified atom stereocenters. The van der Waals surface area contributed by atoms with Gasteiger partial charge in [-0.15, -0.1) is 11.3 Å². The van der Waals surface area contributed by atoms with Gasteiger partial charge >= 0.3 is 5.97 Å². The van der Waals surface area contributed by atoms with Gasteiger partial charge in [-0.3, -0.25) is 9.69 Å². The van der Waals surface area contributed by atoms with E-state index in [1.54, 1.807) is 43.3 Å². The first-order valence-electron chi connectivity index (χ1n) is 10.6. The second-order valence-electron chi connectivity index (χ2n) is 7.81. The molecule has 32 heavy (non-hydrogen) atoms. The Hall–Kier alpha value is -2.27. The number of thiophene rings is 1. The van der Waals surface area contributed by atoms with E-state index in [1.165, 1.54) is 15.6 Å². The minimum atomic E-state index is -3.53. The van der Waals surface area contributed by atoms with Gasteiger partial charge in [0.1, 0.15) is 5.00 Å². The summed E-state index contributed by atoms with van der Waals surface area (Å²) >= 11 is 1.37. The second-order valence-corrected chi connectivity index (χ2v) is 10.8. The van der Waals surface area contributed by atoms with Crippen molar-refractivity contribution in [3.63, 3.8) is 0 Å². The van der Waals surface area contributed by atoms with Crippen LogP contribution in [0, 0.1) is 0 Å². The molecular weight excluding hydrogens is 450 g/mol. The molecule has 0 aliphatic carbocycles. The number of anilines is 1. The highest BCUT2D eigenvalue weighted by molar-refractivity contribution is 7.89. The van der Waals surface area contributed by atoms with Gasteiger partial charge in [-0.05, 0) is 31.0 Å². The van der Waals surface area contributed by atoms with Gasteiger partial charge in [-0.25, -0.2) is 13.2 Å². The minimum absolute atomic E-state index is 0.121. The number of rotatable bonds is 8. The average molecular weight is 480 g/mol. The number of benzene rings is 1. The first-order valence-corrected chi connectivity index (χ1v) is 12.9. The number of hydrogen-bond acceptors (Lipinski definition) is 7. The molecule has 3 rings (SSSR count). The lowest BCUT2D eigenvalue weighted by molar-refractivity contribution is -0.117. The van der Waals surface area contributed by atoms with Gasteiger partial charge in [-0.1, -0.05) is 32.0 Å². The molecule has 0 bridgehead atoms. The molecule has 1 aliphatic rings. The van der Waals surface area contributed by atoms with Gasteiger partial charge in [0.25, 0.3) is 0 Å². The summed E-state index contributed by atoms with van der Waals surface area (Å²) in [5, 5.41) is 3.33. The van der Waals surface area contributed by atoms with Crippen LogP contribution in [-0.2, 0) is 19.6 Å². The van der Waals surface area contributed by atoms with Crippen LogP contribution in [0.2, 0.25) is 0 Å². The molecule has 0 radical (unpaired) electrons. The number of piperazine rings is 1. The van der Waals surface area contributed by atoms with Crippen molar-refractivity contribution in [1.82, 2.24) is 9.21 Å². The van der Waals surface area contributed by atoms with Crippen LogP contribution in [-0.4, -0.2) is 68.8 Å². The summed E-state index contributed by atoms with van der Waals surface area (Å²) in [4.78, 5) is 28.1. The van der Waals surface area contributed by atoms with E-state index in [9.17, 15) is 18.0 Å². The van der Waals surface area contributed by atoms with Crippen LogP contribution in [0.25, 0.3) is 0 Å². The van der Waals surface area contributed by atoms with Crippen LogP contribution < -0.4 is 5.32 Å². The number of ether oxygens (including phenoxy) is 1. The standard InChI is InChI=1S/C22H29N3O5S2/c1-4-30-22(27)18-14-19(16(2)3)31-21(18)23-20(26)15-24-10-12-25(13-11-24)32(28,29)17-8-6-5-7-9-17/h5-9,14,16H,4,10-13,15H2,1-3H3,(H,23,26). The van der Waals surface area contributed by atoms with Crippen LogP contribution in [0.5, 0.6) is 0 Å². The number of nitrogens with one attached hydrogen (secondary N) is 1.